The number of carbonyl (C=O) groups excluding carboxylic acids is 4. The van der Waals surface area contributed by atoms with Crippen LogP contribution in [0.2, 0.25) is 0 Å². The molecule has 2 rings (SSSR count). The minimum Gasteiger partial charge on any atom is -0.445 e. The maximum absolute atomic E-state index is 12.4. The minimum atomic E-state index is -5.04. The quantitative estimate of drug-likeness (QED) is 0.463. The SMILES string of the molecule is O=C[C@H](C[C@@H]1CCNC1=O)NC(=O)[C@H](COC(F)(F)F)NC(=O)OCc1ccccc1. The van der Waals surface area contributed by atoms with Crippen molar-refractivity contribution in [1.82, 2.24) is 16.0 Å². The van der Waals surface area contributed by atoms with Gasteiger partial charge < -0.3 is 25.5 Å². The average Bonchev–Trinajstić information content (AvgIpc) is 3.13. The van der Waals surface area contributed by atoms with Crippen LogP contribution < -0.4 is 16.0 Å². The molecule has 0 aromatic heterocycles. The van der Waals surface area contributed by atoms with E-state index >= 15 is 0 Å². The number of halogens is 3. The van der Waals surface area contributed by atoms with E-state index in [2.05, 4.69) is 15.4 Å². The van der Waals surface area contributed by atoms with Crippen LogP contribution in [0.25, 0.3) is 0 Å². The van der Waals surface area contributed by atoms with Crippen molar-refractivity contribution in [2.75, 3.05) is 13.2 Å². The lowest BCUT2D eigenvalue weighted by molar-refractivity contribution is -0.325. The first-order chi connectivity index (χ1) is 14.7. The maximum Gasteiger partial charge on any atom is 0.522 e. The van der Waals surface area contributed by atoms with Gasteiger partial charge in [-0.2, -0.15) is 0 Å². The predicted molar refractivity (Wildman–Crippen MR) is 99.3 cm³/mol. The van der Waals surface area contributed by atoms with Gasteiger partial charge in [0.25, 0.3) is 0 Å². The third-order valence-corrected chi connectivity index (χ3v) is 4.43. The van der Waals surface area contributed by atoms with Crippen molar-refractivity contribution < 1.29 is 41.8 Å². The zero-order chi connectivity index (χ0) is 22.9. The smallest absolute Gasteiger partial charge is 0.445 e. The summed E-state index contributed by atoms with van der Waals surface area (Å²) >= 11 is 0. The number of benzene rings is 1. The van der Waals surface area contributed by atoms with Crippen molar-refractivity contribution in [2.24, 2.45) is 5.92 Å². The highest BCUT2D eigenvalue weighted by Crippen LogP contribution is 2.17. The number of carbonyl (C=O) groups is 4. The van der Waals surface area contributed by atoms with Crippen molar-refractivity contribution in [3.63, 3.8) is 0 Å². The van der Waals surface area contributed by atoms with Gasteiger partial charge in [0.15, 0.2) is 0 Å². The molecule has 0 unspecified atom stereocenters. The van der Waals surface area contributed by atoms with Crippen LogP contribution in [0, 0.1) is 5.92 Å². The second-order valence-corrected chi connectivity index (χ2v) is 6.78. The molecule has 1 aromatic rings. The Labute approximate surface area is 175 Å². The Kier molecular flexibility index (Phi) is 8.79. The van der Waals surface area contributed by atoms with Gasteiger partial charge in [0, 0.05) is 12.5 Å². The van der Waals surface area contributed by atoms with E-state index in [1.165, 1.54) is 0 Å². The number of hydrogen-bond donors (Lipinski definition) is 3. The third kappa shape index (κ3) is 8.62. The number of rotatable bonds is 10. The predicted octanol–water partition coefficient (Wildman–Crippen LogP) is 1.03. The Balaban J connectivity index is 1.95. The Morgan fingerprint density at radius 3 is 2.52 bits per heavy atom. The molecule has 0 aliphatic carbocycles. The van der Waals surface area contributed by atoms with E-state index < -0.39 is 43.0 Å². The first kappa shape index (κ1) is 24.1. The molecule has 1 aliphatic heterocycles. The van der Waals surface area contributed by atoms with Crippen LogP contribution in [-0.2, 0) is 30.5 Å². The second-order valence-electron chi connectivity index (χ2n) is 6.78. The molecule has 3 N–H and O–H groups in total. The summed E-state index contributed by atoms with van der Waals surface area (Å²) < 4.78 is 45.9. The number of alkyl carbamates (subject to hydrolysis) is 1. The molecule has 1 heterocycles. The highest BCUT2D eigenvalue weighted by molar-refractivity contribution is 5.88. The molecular formula is C19H22F3N3O6. The van der Waals surface area contributed by atoms with Crippen molar-refractivity contribution in [2.45, 2.75) is 37.9 Å². The van der Waals surface area contributed by atoms with Crippen molar-refractivity contribution in [3.8, 4) is 0 Å². The van der Waals surface area contributed by atoms with Gasteiger partial charge >= 0.3 is 12.5 Å². The Morgan fingerprint density at radius 2 is 1.94 bits per heavy atom. The minimum absolute atomic E-state index is 0.0215. The molecular weight excluding hydrogens is 423 g/mol. The highest BCUT2D eigenvalue weighted by atomic mass is 19.4. The molecule has 12 heteroatoms. The van der Waals surface area contributed by atoms with Crippen LogP contribution in [-0.4, -0.2) is 55.8 Å². The van der Waals surface area contributed by atoms with Gasteiger partial charge in [-0.1, -0.05) is 30.3 Å². The fraction of sp³-hybridized carbons (Fsp3) is 0.474. The van der Waals surface area contributed by atoms with E-state index in [1.807, 2.05) is 5.32 Å². The van der Waals surface area contributed by atoms with Gasteiger partial charge in [-0.3, -0.25) is 14.3 Å². The molecule has 1 aliphatic rings. The lowest BCUT2D eigenvalue weighted by Gasteiger charge is -2.22. The first-order valence-electron chi connectivity index (χ1n) is 9.39. The van der Waals surface area contributed by atoms with Gasteiger partial charge in [0.05, 0.1) is 12.6 Å². The van der Waals surface area contributed by atoms with Crippen LogP contribution in [0.1, 0.15) is 18.4 Å². The molecule has 1 fully saturated rings. The first-order valence-corrected chi connectivity index (χ1v) is 9.39. The van der Waals surface area contributed by atoms with Crippen LogP contribution in [0.4, 0.5) is 18.0 Å². The molecule has 0 bridgehead atoms. The zero-order valence-electron chi connectivity index (χ0n) is 16.3. The van der Waals surface area contributed by atoms with Crippen LogP contribution >= 0.6 is 0 Å². The summed E-state index contributed by atoms with van der Waals surface area (Å²) in [6.07, 6.45) is -5.37. The van der Waals surface area contributed by atoms with E-state index in [0.717, 1.165) is 0 Å². The molecule has 0 spiro atoms. The van der Waals surface area contributed by atoms with Gasteiger partial charge in [0.2, 0.25) is 11.8 Å². The number of alkyl halides is 3. The monoisotopic (exact) mass is 445 g/mol. The van der Waals surface area contributed by atoms with E-state index in [9.17, 15) is 32.3 Å². The fourth-order valence-corrected chi connectivity index (χ4v) is 2.88. The van der Waals surface area contributed by atoms with Crippen LogP contribution in [0.15, 0.2) is 30.3 Å². The van der Waals surface area contributed by atoms with Crippen molar-refractivity contribution in [3.05, 3.63) is 35.9 Å². The molecule has 170 valence electrons. The molecule has 0 radical (unpaired) electrons. The summed E-state index contributed by atoms with van der Waals surface area (Å²) in [5, 5.41) is 6.80. The Morgan fingerprint density at radius 1 is 1.23 bits per heavy atom. The largest absolute Gasteiger partial charge is 0.522 e. The van der Waals surface area contributed by atoms with E-state index in [-0.39, 0.29) is 18.9 Å². The molecule has 3 atom stereocenters. The zero-order valence-corrected chi connectivity index (χ0v) is 16.3. The molecule has 31 heavy (non-hydrogen) atoms. The third-order valence-electron chi connectivity index (χ3n) is 4.43. The molecule has 3 amide bonds. The van der Waals surface area contributed by atoms with Gasteiger partial charge in [-0.15, -0.1) is 13.2 Å². The average molecular weight is 445 g/mol. The fourth-order valence-electron chi connectivity index (χ4n) is 2.88. The normalized spacial score (nSPS) is 17.9. The van der Waals surface area contributed by atoms with Gasteiger partial charge in [0.1, 0.15) is 18.9 Å². The van der Waals surface area contributed by atoms with E-state index in [0.29, 0.717) is 24.8 Å². The van der Waals surface area contributed by atoms with Crippen LogP contribution in [0.3, 0.4) is 0 Å². The van der Waals surface area contributed by atoms with Crippen molar-refractivity contribution in [1.29, 1.82) is 0 Å². The standard InChI is InChI=1S/C19H22F3N3O6/c20-19(21,22)31-11-15(25-18(29)30-10-12-4-2-1-3-5-12)17(28)24-14(9-26)8-13-6-7-23-16(13)27/h1-5,9,13-15H,6-8,10-11H2,(H,23,27)(H,24,28)(H,25,29)/t13-,14-,15-/m0/s1. The topological polar surface area (TPSA) is 123 Å². The van der Waals surface area contributed by atoms with Crippen molar-refractivity contribution >= 4 is 24.2 Å². The highest BCUT2D eigenvalue weighted by Gasteiger charge is 2.34. The number of hydrogen-bond acceptors (Lipinski definition) is 6. The summed E-state index contributed by atoms with van der Waals surface area (Å²) in [5.74, 6) is -1.87. The van der Waals surface area contributed by atoms with Gasteiger partial charge in [-0.05, 0) is 18.4 Å². The lowest BCUT2D eigenvalue weighted by Crippen LogP contribution is -2.53. The number of ether oxygens (including phenoxy) is 2. The molecule has 0 saturated carbocycles. The number of nitrogens with one attached hydrogen (secondary N) is 3. The Bertz CT molecular complexity index is 775. The van der Waals surface area contributed by atoms with Gasteiger partial charge in [-0.25, -0.2) is 4.79 Å². The van der Waals surface area contributed by atoms with E-state index in [1.54, 1.807) is 30.3 Å². The summed E-state index contributed by atoms with van der Waals surface area (Å²) in [5.41, 5.74) is 0.626. The molecule has 9 nitrogen and oxygen atoms in total. The van der Waals surface area contributed by atoms with Crippen LogP contribution in [0.5, 0.6) is 0 Å². The molecule has 1 saturated heterocycles. The Hall–Kier alpha value is -3.15. The summed E-state index contributed by atoms with van der Waals surface area (Å²) in [6, 6.07) is 5.57. The summed E-state index contributed by atoms with van der Waals surface area (Å²) in [6.45, 7) is -0.972. The number of amides is 3. The summed E-state index contributed by atoms with van der Waals surface area (Å²) in [7, 11) is 0. The maximum atomic E-state index is 12.4. The lowest BCUT2D eigenvalue weighted by atomic mass is 9.99. The summed E-state index contributed by atoms with van der Waals surface area (Å²) in [4.78, 5) is 47.3. The van der Waals surface area contributed by atoms with E-state index in [4.69, 9.17) is 4.74 Å². The molecule has 1 aromatic carbocycles. The number of aldehydes is 1. The second kappa shape index (κ2) is 11.3.